The Morgan fingerprint density at radius 3 is 2.88 bits per heavy atom. The zero-order valence-electron chi connectivity index (χ0n) is 9.48. The molecule has 16 heavy (non-hydrogen) atoms. The van der Waals surface area contributed by atoms with Gasteiger partial charge in [-0.05, 0) is 47.3 Å². The Hall–Kier alpha value is -0.900. The van der Waals surface area contributed by atoms with Crippen molar-refractivity contribution in [3.05, 3.63) is 28.5 Å². The van der Waals surface area contributed by atoms with Crippen molar-refractivity contribution in [2.45, 2.75) is 26.3 Å². The van der Waals surface area contributed by atoms with Crippen molar-refractivity contribution in [2.24, 2.45) is 5.92 Å². The molecule has 1 fully saturated rings. The zero-order chi connectivity index (χ0) is 11.7. The minimum Gasteiger partial charge on any atom is -0.336 e. The molecule has 0 saturated carbocycles. The van der Waals surface area contributed by atoms with Crippen LogP contribution in [0.3, 0.4) is 0 Å². The fourth-order valence-electron chi connectivity index (χ4n) is 2.28. The number of pyridine rings is 1. The molecule has 0 aromatic carbocycles. The van der Waals surface area contributed by atoms with E-state index >= 15 is 0 Å². The molecule has 1 aromatic heterocycles. The first-order valence-electron chi connectivity index (χ1n) is 5.50. The number of hydrogen-bond donors (Lipinski definition) is 0. The molecule has 2 rings (SSSR count). The highest BCUT2D eigenvalue weighted by molar-refractivity contribution is 9.10. The normalized spacial score (nSPS) is 24.8. The van der Waals surface area contributed by atoms with Crippen molar-refractivity contribution in [3.63, 3.8) is 0 Å². The number of carbonyl (C=O) groups is 1. The second kappa shape index (κ2) is 4.53. The second-order valence-electron chi connectivity index (χ2n) is 4.51. The van der Waals surface area contributed by atoms with Crippen LogP contribution in [-0.2, 0) is 0 Å². The van der Waals surface area contributed by atoms with Gasteiger partial charge in [-0.1, -0.05) is 6.92 Å². The van der Waals surface area contributed by atoms with Crippen molar-refractivity contribution in [2.75, 3.05) is 6.54 Å². The summed E-state index contributed by atoms with van der Waals surface area (Å²) in [4.78, 5) is 18.2. The molecule has 1 aromatic rings. The molecule has 3 nitrogen and oxygen atoms in total. The summed E-state index contributed by atoms with van der Waals surface area (Å²) in [5.41, 5.74) is 0.711. The quantitative estimate of drug-likeness (QED) is 0.742. The van der Waals surface area contributed by atoms with E-state index in [2.05, 4.69) is 34.8 Å². The average molecular weight is 283 g/mol. The van der Waals surface area contributed by atoms with Crippen LogP contribution in [0, 0.1) is 5.92 Å². The number of aromatic nitrogens is 1. The lowest BCUT2D eigenvalue weighted by Gasteiger charge is -2.21. The summed E-state index contributed by atoms with van der Waals surface area (Å²) >= 11 is 3.28. The first-order chi connectivity index (χ1) is 7.58. The highest BCUT2D eigenvalue weighted by atomic mass is 79.9. The largest absolute Gasteiger partial charge is 0.336 e. The maximum Gasteiger partial charge on any atom is 0.254 e. The Labute approximate surface area is 104 Å². The van der Waals surface area contributed by atoms with Gasteiger partial charge < -0.3 is 4.90 Å². The molecule has 1 aliphatic heterocycles. The number of amides is 1. The number of nitrogens with zero attached hydrogens (tertiary/aromatic N) is 2. The third kappa shape index (κ3) is 2.26. The van der Waals surface area contributed by atoms with E-state index in [0.717, 1.165) is 13.0 Å². The van der Waals surface area contributed by atoms with Gasteiger partial charge in [-0.15, -0.1) is 0 Å². The molecule has 0 bridgehead atoms. The van der Waals surface area contributed by atoms with Crippen LogP contribution >= 0.6 is 15.9 Å². The topological polar surface area (TPSA) is 33.2 Å². The molecule has 2 unspecified atom stereocenters. The number of likely N-dealkylation sites (tertiary alicyclic amines) is 1. The zero-order valence-corrected chi connectivity index (χ0v) is 11.1. The minimum absolute atomic E-state index is 0.111. The van der Waals surface area contributed by atoms with Gasteiger partial charge in [-0.25, -0.2) is 4.98 Å². The number of halogens is 1. The van der Waals surface area contributed by atoms with Crippen molar-refractivity contribution in [1.82, 2.24) is 9.88 Å². The van der Waals surface area contributed by atoms with E-state index < -0.39 is 0 Å². The van der Waals surface area contributed by atoms with E-state index in [1.165, 1.54) is 0 Å². The highest BCUT2D eigenvalue weighted by Gasteiger charge is 2.30. The molecule has 1 aliphatic rings. The lowest BCUT2D eigenvalue weighted by molar-refractivity contribution is 0.0743. The van der Waals surface area contributed by atoms with E-state index in [0.29, 0.717) is 22.1 Å². The van der Waals surface area contributed by atoms with E-state index in [1.807, 2.05) is 4.90 Å². The second-order valence-corrected chi connectivity index (χ2v) is 5.33. The SMILES string of the molecule is CC1CC(C)N(C(=O)c2ccnc(Br)c2)C1. The number of hydrogen-bond acceptors (Lipinski definition) is 2. The van der Waals surface area contributed by atoms with Crippen LogP contribution in [0.1, 0.15) is 30.6 Å². The molecular formula is C12H15BrN2O. The summed E-state index contributed by atoms with van der Waals surface area (Å²) in [6.45, 7) is 5.16. The van der Waals surface area contributed by atoms with E-state index in [-0.39, 0.29) is 5.91 Å². The summed E-state index contributed by atoms with van der Waals surface area (Å²) in [5, 5.41) is 0. The molecule has 2 atom stereocenters. The fraction of sp³-hybridized carbons (Fsp3) is 0.500. The smallest absolute Gasteiger partial charge is 0.254 e. The van der Waals surface area contributed by atoms with Crippen molar-refractivity contribution in [3.8, 4) is 0 Å². The van der Waals surface area contributed by atoms with Gasteiger partial charge in [0.25, 0.3) is 5.91 Å². The predicted molar refractivity (Wildman–Crippen MR) is 66.2 cm³/mol. The standard InChI is InChI=1S/C12H15BrN2O/c1-8-5-9(2)15(7-8)12(16)10-3-4-14-11(13)6-10/h3-4,6,8-9H,5,7H2,1-2H3. The Morgan fingerprint density at radius 1 is 1.56 bits per heavy atom. The molecule has 1 amide bonds. The van der Waals surface area contributed by atoms with Crippen LogP contribution in [0.25, 0.3) is 0 Å². The minimum atomic E-state index is 0.111. The maximum atomic E-state index is 12.2. The maximum absolute atomic E-state index is 12.2. The van der Waals surface area contributed by atoms with E-state index in [9.17, 15) is 4.79 Å². The van der Waals surface area contributed by atoms with Crippen molar-refractivity contribution in [1.29, 1.82) is 0 Å². The van der Waals surface area contributed by atoms with Crippen LogP contribution < -0.4 is 0 Å². The van der Waals surface area contributed by atoms with Gasteiger partial charge in [0, 0.05) is 24.3 Å². The molecule has 0 radical (unpaired) electrons. The Morgan fingerprint density at radius 2 is 2.31 bits per heavy atom. The molecule has 0 spiro atoms. The van der Waals surface area contributed by atoms with Crippen molar-refractivity contribution < 1.29 is 4.79 Å². The summed E-state index contributed by atoms with van der Waals surface area (Å²) in [6.07, 6.45) is 2.75. The molecule has 2 heterocycles. The molecule has 0 N–H and O–H groups in total. The highest BCUT2D eigenvalue weighted by Crippen LogP contribution is 2.24. The van der Waals surface area contributed by atoms with Gasteiger partial charge in [0.15, 0.2) is 0 Å². The van der Waals surface area contributed by atoms with Gasteiger partial charge in [0.1, 0.15) is 4.60 Å². The number of rotatable bonds is 1. The van der Waals surface area contributed by atoms with Crippen LogP contribution in [0.15, 0.2) is 22.9 Å². The molecule has 0 aliphatic carbocycles. The van der Waals surface area contributed by atoms with Crippen LogP contribution in [0.2, 0.25) is 0 Å². The third-order valence-corrected chi connectivity index (χ3v) is 3.45. The summed E-state index contributed by atoms with van der Waals surface area (Å²) in [6, 6.07) is 3.88. The van der Waals surface area contributed by atoms with Crippen LogP contribution in [0.4, 0.5) is 0 Å². The molecule has 1 saturated heterocycles. The Balaban J connectivity index is 2.19. The summed E-state index contributed by atoms with van der Waals surface area (Å²) in [5.74, 6) is 0.712. The third-order valence-electron chi connectivity index (χ3n) is 3.02. The van der Waals surface area contributed by atoms with Gasteiger partial charge >= 0.3 is 0 Å². The van der Waals surface area contributed by atoms with Gasteiger partial charge in [-0.3, -0.25) is 4.79 Å². The molecule has 4 heteroatoms. The van der Waals surface area contributed by atoms with E-state index in [4.69, 9.17) is 0 Å². The number of carbonyl (C=O) groups excluding carboxylic acids is 1. The van der Waals surface area contributed by atoms with Gasteiger partial charge in [-0.2, -0.15) is 0 Å². The van der Waals surface area contributed by atoms with Crippen LogP contribution in [0.5, 0.6) is 0 Å². The Bertz CT molecular complexity index is 408. The summed E-state index contributed by atoms with van der Waals surface area (Å²) in [7, 11) is 0. The first-order valence-corrected chi connectivity index (χ1v) is 6.29. The molecular weight excluding hydrogens is 268 g/mol. The fourth-order valence-corrected chi connectivity index (χ4v) is 2.65. The first kappa shape index (κ1) is 11.6. The van der Waals surface area contributed by atoms with E-state index in [1.54, 1.807) is 18.3 Å². The Kier molecular flexibility index (Phi) is 3.28. The molecule has 86 valence electrons. The van der Waals surface area contributed by atoms with Crippen molar-refractivity contribution >= 4 is 21.8 Å². The predicted octanol–water partition coefficient (Wildman–Crippen LogP) is 2.71. The summed E-state index contributed by atoms with van der Waals surface area (Å²) < 4.78 is 0.707. The van der Waals surface area contributed by atoms with Gasteiger partial charge in [0.05, 0.1) is 0 Å². The van der Waals surface area contributed by atoms with Crippen LogP contribution in [-0.4, -0.2) is 28.4 Å². The average Bonchev–Trinajstić information content (AvgIpc) is 2.57. The van der Waals surface area contributed by atoms with Gasteiger partial charge in [0.2, 0.25) is 0 Å². The lowest BCUT2D eigenvalue weighted by atomic mass is 10.1. The monoisotopic (exact) mass is 282 g/mol. The lowest BCUT2D eigenvalue weighted by Crippen LogP contribution is -2.33.